The number of nitrogens with one attached hydrogen (secondary N) is 1. The number of hydrazone groups is 1. The average Bonchev–Trinajstić information content (AvgIpc) is 2.68. The first-order valence-corrected chi connectivity index (χ1v) is 7.76. The molecular weight excluding hydrogens is 358 g/mol. The zero-order valence-corrected chi connectivity index (χ0v) is 14.1. The van der Waals surface area contributed by atoms with E-state index in [0.29, 0.717) is 11.5 Å². The highest BCUT2D eigenvalue weighted by atomic mass is 16.6. The van der Waals surface area contributed by atoms with Gasteiger partial charge in [0.15, 0.2) is 23.0 Å². The van der Waals surface area contributed by atoms with E-state index < -0.39 is 16.9 Å². The number of amides is 1. The Hall–Kier alpha value is -3.82. The number of nitro benzene ring substituents is 1. The van der Waals surface area contributed by atoms with Crippen molar-refractivity contribution >= 4 is 17.8 Å². The van der Waals surface area contributed by atoms with Crippen LogP contribution < -0.4 is 19.6 Å². The number of ether oxygens (including phenoxy) is 3. The molecule has 0 fully saturated rings. The number of carbonyl (C=O) groups is 1. The molecule has 27 heavy (non-hydrogen) atoms. The molecule has 2 aromatic rings. The molecule has 10 nitrogen and oxygen atoms in total. The highest BCUT2D eigenvalue weighted by Crippen LogP contribution is 2.33. The van der Waals surface area contributed by atoms with E-state index in [1.807, 2.05) is 0 Å². The van der Waals surface area contributed by atoms with Crippen LogP contribution in [0.4, 0.5) is 5.69 Å². The number of nitrogens with zero attached hydrogens (tertiary/aromatic N) is 2. The van der Waals surface area contributed by atoms with Crippen molar-refractivity contribution in [2.24, 2.45) is 5.10 Å². The molecule has 2 aromatic carbocycles. The SMILES string of the molecule is COc1cc([N+](=O)[O-])cc(/C=N\NC(=O)[C@@H]2COc3ccccc3O2)c1O. The highest BCUT2D eigenvalue weighted by Gasteiger charge is 2.27. The second-order valence-electron chi connectivity index (χ2n) is 5.44. The van der Waals surface area contributed by atoms with E-state index in [1.54, 1.807) is 24.3 Å². The van der Waals surface area contributed by atoms with Crippen LogP contribution in [-0.2, 0) is 4.79 Å². The third kappa shape index (κ3) is 3.89. The van der Waals surface area contributed by atoms with Gasteiger partial charge in [0, 0.05) is 11.6 Å². The Morgan fingerprint density at radius 1 is 1.41 bits per heavy atom. The van der Waals surface area contributed by atoms with Gasteiger partial charge in [0.1, 0.15) is 6.61 Å². The van der Waals surface area contributed by atoms with Crippen LogP contribution in [0.2, 0.25) is 0 Å². The van der Waals surface area contributed by atoms with Crippen molar-refractivity contribution in [3.8, 4) is 23.0 Å². The zero-order chi connectivity index (χ0) is 19.4. The third-order valence-electron chi connectivity index (χ3n) is 3.70. The smallest absolute Gasteiger partial charge is 0.284 e. The molecule has 10 heteroatoms. The lowest BCUT2D eigenvalue weighted by atomic mass is 10.2. The van der Waals surface area contributed by atoms with Crippen LogP contribution >= 0.6 is 0 Å². The summed E-state index contributed by atoms with van der Waals surface area (Å²) in [6.07, 6.45) is 0.158. The van der Waals surface area contributed by atoms with Crippen molar-refractivity contribution < 1.29 is 29.0 Å². The van der Waals surface area contributed by atoms with E-state index in [4.69, 9.17) is 14.2 Å². The number of phenols is 1. The monoisotopic (exact) mass is 373 g/mol. The predicted molar refractivity (Wildman–Crippen MR) is 93.4 cm³/mol. The van der Waals surface area contributed by atoms with Gasteiger partial charge in [-0.1, -0.05) is 12.1 Å². The van der Waals surface area contributed by atoms with Gasteiger partial charge in [0.05, 0.1) is 24.3 Å². The van der Waals surface area contributed by atoms with Crippen molar-refractivity contribution in [2.75, 3.05) is 13.7 Å². The summed E-state index contributed by atoms with van der Waals surface area (Å²) in [6.45, 7) is 0.00818. The lowest BCUT2D eigenvalue weighted by Crippen LogP contribution is -2.42. The number of rotatable bonds is 5. The highest BCUT2D eigenvalue weighted by molar-refractivity contribution is 5.88. The van der Waals surface area contributed by atoms with Gasteiger partial charge in [-0.15, -0.1) is 0 Å². The molecule has 1 atom stereocenters. The number of aromatic hydroxyl groups is 1. The number of benzene rings is 2. The maximum atomic E-state index is 12.2. The Morgan fingerprint density at radius 3 is 2.85 bits per heavy atom. The van der Waals surface area contributed by atoms with Crippen molar-refractivity contribution in [1.29, 1.82) is 0 Å². The summed E-state index contributed by atoms with van der Waals surface area (Å²) in [5.74, 6) is -0.0184. The number of hydrogen-bond donors (Lipinski definition) is 2. The minimum absolute atomic E-state index is 0.00695. The minimum Gasteiger partial charge on any atom is -0.504 e. The summed E-state index contributed by atoms with van der Waals surface area (Å²) >= 11 is 0. The molecule has 0 unspecified atom stereocenters. The summed E-state index contributed by atoms with van der Waals surface area (Å²) in [5.41, 5.74) is 1.96. The molecule has 1 heterocycles. The first-order chi connectivity index (χ1) is 13.0. The molecular formula is C17H15N3O7. The maximum absolute atomic E-state index is 12.2. The van der Waals surface area contributed by atoms with E-state index >= 15 is 0 Å². The fraction of sp³-hybridized carbons (Fsp3) is 0.176. The number of methoxy groups -OCH3 is 1. The Labute approximate surface area is 153 Å². The predicted octanol–water partition coefficient (Wildman–Crippen LogP) is 1.60. The zero-order valence-electron chi connectivity index (χ0n) is 14.1. The first kappa shape index (κ1) is 18.0. The molecule has 0 bridgehead atoms. The molecule has 0 radical (unpaired) electrons. The molecule has 0 aliphatic carbocycles. The van der Waals surface area contributed by atoms with E-state index in [-0.39, 0.29) is 29.4 Å². The second kappa shape index (κ2) is 7.60. The molecule has 2 N–H and O–H groups in total. The van der Waals surface area contributed by atoms with Gasteiger partial charge in [0.25, 0.3) is 11.6 Å². The van der Waals surface area contributed by atoms with E-state index in [0.717, 1.165) is 18.3 Å². The van der Waals surface area contributed by atoms with Crippen LogP contribution in [0.25, 0.3) is 0 Å². The van der Waals surface area contributed by atoms with Gasteiger partial charge in [0.2, 0.25) is 6.10 Å². The molecule has 1 aliphatic heterocycles. The molecule has 0 saturated carbocycles. The number of para-hydroxylation sites is 2. The van der Waals surface area contributed by atoms with Crippen molar-refractivity contribution in [2.45, 2.75) is 6.10 Å². The Morgan fingerprint density at radius 2 is 2.15 bits per heavy atom. The Bertz CT molecular complexity index is 913. The fourth-order valence-electron chi connectivity index (χ4n) is 2.36. The first-order valence-electron chi connectivity index (χ1n) is 7.76. The number of carbonyl (C=O) groups excluding carboxylic acids is 1. The Kier molecular flexibility index (Phi) is 5.06. The van der Waals surface area contributed by atoms with E-state index in [9.17, 15) is 20.0 Å². The molecule has 1 aliphatic rings. The Balaban J connectivity index is 1.70. The average molecular weight is 373 g/mol. The number of nitro groups is 1. The van der Waals surface area contributed by atoms with Crippen LogP contribution in [0.3, 0.4) is 0 Å². The number of non-ortho nitro benzene ring substituents is 1. The quantitative estimate of drug-likeness (QED) is 0.462. The van der Waals surface area contributed by atoms with Crippen LogP contribution in [0.1, 0.15) is 5.56 Å². The lowest BCUT2D eigenvalue weighted by molar-refractivity contribution is -0.385. The molecule has 0 saturated heterocycles. The summed E-state index contributed by atoms with van der Waals surface area (Å²) in [5, 5.41) is 24.7. The lowest BCUT2D eigenvalue weighted by Gasteiger charge is -2.24. The van der Waals surface area contributed by atoms with Crippen molar-refractivity contribution in [1.82, 2.24) is 5.43 Å². The van der Waals surface area contributed by atoms with E-state index in [1.165, 1.54) is 7.11 Å². The van der Waals surface area contributed by atoms with Crippen molar-refractivity contribution in [3.63, 3.8) is 0 Å². The summed E-state index contributed by atoms with van der Waals surface area (Å²) in [7, 11) is 1.26. The van der Waals surface area contributed by atoms with Crippen LogP contribution in [-0.4, -0.2) is 42.0 Å². The van der Waals surface area contributed by atoms with Gasteiger partial charge in [-0.05, 0) is 12.1 Å². The standard InChI is InChI=1S/C17H15N3O7/c1-25-14-7-11(20(23)24)6-10(16(14)21)8-18-19-17(22)15-9-26-12-4-2-3-5-13(12)27-15/h2-8,15,21H,9H2,1H3,(H,19,22)/b18-8-/t15-/m0/s1. The maximum Gasteiger partial charge on any atom is 0.284 e. The molecule has 3 rings (SSSR count). The van der Waals surface area contributed by atoms with Gasteiger partial charge >= 0.3 is 0 Å². The summed E-state index contributed by atoms with van der Waals surface area (Å²) in [6, 6.07) is 9.11. The third-order valence-corrected chi connectivity index (χ3v) is 3.70. The van der Waals surface area contributed by atoms with Gasteiger partial charge < -0.3 is 19.3 Å². The van der Waals surface area contributed by atoms with Crippen LogP contribution in [0.5, 0.6) is 23.0 Å². The number of phenolic OH excluding ortho intramolecular Hbond substituents is 1. The fourth-order valence-corrected chi connectivity index (χ4v) is 2.36. The number of hydrogen-bond acceptors (Lipinski definition) is 8. The second-order valence-corrected chi connectivity index (χ2v) is 5.44. The van der Waals surface area contributed by atoms with Gasteiger partial charge in [-0.3, -0.25) is 14.9 Å². The molecule has 1 amide bonds. The normalized spacial score (nSPS) is 15.4. The topological polar surface area (TPSA) is 133 Å². The largest absolute Gasteiger partial charge is 0.504 e. The summed E-state index contributed by atoms with van der Waals surface area (Å²) < 4.78 is 15.9. The van der Waals surface area contributed by atoms with E-state index in [2.05, 4.69) is 10.5 Å². The van der Waals surface area contributed by atoms with Crippen LogP contribution in [0, 0.1) is 10.1 Å². The molecule has 0 aromatic heterocycles. The number of fused-ring (bicyclic) bond motifs is 1. The van der Waals surface area contributed by atoms with Gasteiger partial charge in [-0.2, -0.15) is 5.10 Å². The van der Waals surface area contributed by atoms with Gasteiger partial charge in [-0.25, -0.2) is 5.43 Å². The molecule has 0 spiro atoms. The molecule has 140 valence electrons. The van der Waals surface area contributed by atoms with Crippen LogP contribution in [0.15, 0.2) is 41.5 Å². The van der Waals surface area contributed by atoms with Crippen molar-refractivity contribution in [3.05, 3.63) is 52.1 Å². The minimum atomic E-state index is -0.912. The summed E-state index contributed by atoms with van der Waals surface area (Å²) in [4.78, 5) is 22.5.